The van der Waals surface area contributed by atoms with Crippen molar-refractivity contribution in [3.63, 3.8) is 0 Å². The van der Waals surface area contributed by atoms with Crippen LogP contribution >= 0.6 is 15.8 Å². The lowest BCUT2D eigenvalue weighted by atomic mass is 9.53. The standard InChI is InChI=1S/C86H96N8O8P2/c95-71-21-22-72(96)92-80(66-16-6-2-12-62(66)76(100)88-84-40-52-28-53(41-84)30-54(29-52)42-84)103(79(91(71)92)65-15-5-1-11-61(65)75(99)87-83-37-49-25-50(38-83)27-51(26-49)39-83)69-19-9-10-20-70(69)104-81(67-17-7-3-13-63(67)77(101)89-85-43-55-31-56(44-85)33-57(32-55)45-85)93-73(97)23-24-74(98)94(93)82(104)68-18-8-4-14-64(68)78(102)90-86-46-58-34-59(47-86)36-60(35-58)48-86/h1-20,49-60,79-82H,21-48H2,(H,87,99)(H,88,100)(H,89,101)(H,90,102)/t49?,50?,51?,52?,53?,54?,55?,56?,57?,58?,59?,60?,79-,80-,81-,82-,83?,84?,85?,86?,103?,104?/m1/s1. The molecule has 0 radical (unpaired) electrons. The SMILES string of the molecule is O=C(NC12CC3CC(CC(C3)C1)C2)c1ccccc1[C@@H]1N2C(=O)CCC(=O)N2[C@@H](c2ccccc2C(=O)NC23CC4CC(CC(C4)C2)C3)P1c1ccccc1P1[C@H](c2ccccc2C(=O)NC23CC4CC(CC(C4)C2)C3)N2C(=O)CCC(=O)N2[C@H]1c1ccccc1C(=O)NC12CC3CC(CC(C3)C1)C2. The van der Waals surface area contributed by atoms with E-state index in [1.54, 1.807) is 20.0 Å². The smallest absolute Gasteiger partial charge is 0.252 e. The third kappa shape index (κ3) is 10.5. The highest BCUT2D eigenvalue weighted by atomic mass is 31.1. The molecule has 538 valence electrons. The zero-order valence-corrected chi connectivity index (χ0v) is 61.3. The molecule has 16 saturated carbocycles. The van der Waals surface area contributed by atoms with Gasteiger partial charge < -0.3 is 21.3 Å². The first-order chi connectivity index (χ1) is 50.5. The van der Waals surface area contributed by atoms with Gasteiger partial charge in [0.15, 0.2) is 0 Å². The number of hydrazine groups is 2. The van der Waals surface area contributed by atoms with E-state index in [9.17, 15) is 0 Å². The Morgan fingerprint density at radius 3 is 0.635 bits per heavy atom. The van der Waals surface area contributed by atoms with Gasteiger partial charge in [0.25, 0.3) is 23.6 Å². The molecular weight excluding hydrogens is 1330 g/mol. The fraction of sp³-hybridized carbons (Fsp3) is 0.558. The molecule has 0 unspecified atom stereocenters. The Hall–Kier alpha value is -7.28. The maximum Gasteiger partial charge on any atom is 0.252 e. The third-order valence-corrected chi connectivity index (χ3v) is 35.8. The number of carbonyl (C=O) groups excluding carboxylic acids is 8. The molecule has 0 spiro atoms. The van der Waals surface area contributed by atoms with Crippen LogP contribution in [-0.2, 0) is 19.2 Å². The first kappa shape index (κ1) is 65.0. The third-order valence-electron chi connectivity index (χ3n) is 29.6. The maximum absolute atomic E-state index is 16.0. The number of hydrogen-bond acceptors (Lipinski definition) is 8. The number of nitrogens with zero attached hydrogens (tertiary/aromatic N) is 4. The van der Waals surface area contributed by atoms with E-state index in [0.29, 0.717) is 116 Å². The van der Waals surface area contributed by atoms with Crippen LogP contribution in [0.5, 0.6) is 0 Å². The molecule has 5 aromatic rings. The molecule has 20 fully saturated rings. The molecule has 5 aromatic carbocycles. The molecule has 20 aliphatic rings. The van der Waals surface area contributed by atoms with Crippen LogP contribution in [-0.4, -0.2) is 89.4 Å². The lowest BCUT2D eigenvalue weighted by molar-refractivity contribution is -0.171. The molecule has 4 aliphatic heterocycles. The van der Waals surface area contributed by atoms with Crippen molar-refractivity contribution in [2.45, 2.75) is 225 Å². The molecule has 4 atom stereocenters. The Morgan fingerprint density at radius 1 is 0.269 bits per heavy atom. The van der Waals surface area contributed by atoms with Crippen molar-refractivity contribution >= 4 is 73.7 Å². The molecule has 16 nitrogen and oxygen atoms in total. The molecule has 4 saturated heterocycles. The molecular formula is C86H96N8O8P2. The summed E-state index contributed by atoms with van der Waals surface area (Å²) < 4.78 is 0. The summed E-state index contributed by atoms with van der Waals surface area (Å²) >= 11 is 0. The highest BCUT2D eigenvalue weighted by Gasteiger charge is 2.63. The van der Waals surface area contributed by atoms with Crippen molar-refractivity contribution in [2.75, 3.05) is 0 Å². The molecule has 16 aliphatic carbocycles. The molecule has 0 aromatic heterocycles. The Labute approximate surface area is 611 Å². The van der Waals surface area contributed by atoms with Crippen molar-refractivity contribution < 1.29 is 38.4 Å². The van der Waals surface area contributed by atoms with Crippen molar-refractivity contribution in [3.05, 3.63) is 166 Å². The van der Waals surface area contributed by atoms with Crippen LogP contribution in [0.15, 0.2) is 121 Å². The zero-order valence-electron chi connectivity index (χ0n) is 59.5. The van der Waals surface area contributed by atoms with Gasteiger partial charge in [0.2, 0.25) is 23.6 Å². The lowest BCUT2D eigenvalue weighted by Crippen LogP contribution is -2.60. The van der Waals surface area contributed by atoms with E-state index < -0.39 is 39.0 Å². The van der Waals surface area contributed by atoms with Crippen LogP contribution in [0.25, 0.3) is 0 Å². The summed E-state index contributed by atoms with van der Waals surface area (Å²) in [6.45, 7) is 0. The first-order valence-electron chi connectivity index (χ1n) is 40.1. The van der Waals surface area contributed by atoms with Gasteiger partial charge in [-0.3, -0.25) is 38.4 Å². The molecule has 25 rings (SSSR count). The van der Waals surface area contributed by atoms with E-state index in [1.165, 1.54) is 77.0 Å². The minimum absolute atomic E-state index is 0.0611. The largest absolute Gasteiger partial charge is 0.347 e. The summed E-state index contributed by atoms with van der Waals surface area (Å²) in [4.78, 5) is 128. The second-order valence-electron chi connectivity index (χ2n) is 36.7. The number of carbonyl (C=O) groups is 8. The molecule has 16 bridgehead atoms. The normalized spacial score (nSPS) is 39.7. The van der Waals surface area contributed by atoms with Crippen LogP contribution in [0.3, 0.4) is 0 Å². The number of rotatable bonds is 14. The van der Waals surface area contributed by atoms with E-state index in [-0.39, 0.29) is 95.1 Å². The van der Waals surface area contributed by atoms with Crippen LogP contribution in [0.4, 0.5) is 0 Å². The van der Waals surface area contributed by atoms with Crippen LogP contribution < -0.4 is 31.9 Å². The molecule has 8 amide bonds. The fourth-order valence-electron chi connectivity index (χ4n) is 27.7. The quantitative estimate of drug-likeness (QED) is 0.0788. The van der Waals surface area contributed by atoms with Crippen LogP contribution in [0.2, 0.25) is 0 Å². The maximum atomic E-state index is 16.0. The zero-order chi connectivity index (χ0) is 69.9. The van der Waals surface area contributed by atoms with E-state index >= 15 is 38.4 Å². The Balaban J connectivity index is 0.770. The highest BCUT2D eigenvalue weighted by Crippen LogP contribution is 2.75. The minimum atomic E-state index is -2.10. The van der Waals surface area contributed by atoms with Gasteiger partial charge in [-0.2, -0.15) is 0 Å². The number of nitrogens with one attached hydrogen (secondary N) is 4. The van der Waals surface area contributed by atoms with Gasteiger partial charge >= 0.3 is 0 Å². The van der Waals surface area contributed by atoms with E-state index in [4.69, 9.17) is 0 Å². The van der Waals surface area contributed by atoms with Gasteiger partial charge in [0, 0.05) is 70.1 Å². The molecule has 4 N–H and O–H groups in total. The Bertz CT molecular complexity index is 3820. The predicted octanol–water partition coefficient (Wildman–Crippen LogP) is 14.2. The summed E-state index contributed by atoms with van der Waals surface area (Å²) in [5, 5.41) is 23.1. The molecule has 18 heteroatoms. The van der Waals surface area contributed by atoms with Crippen molar-refractivity contribution in [1.29, 1.82) is 0 Å². The molecule has 104 heavy (non-hydrogen) atoms. The number of amides is 8. The minimum Gasteiger partial charge on any atom is -0.347 e. The van der Waals surface area contributed by atoms with Gasteiger partial charge in [0.1, 0.15) is 23.1 Å². The predicted molar refractivity (Wildman–Crippen MR) is 396 cm³/mol. The Kier molecular flexibility index (Phi) is 15.1. The van der Waals surface area contributed by atoms with E-state index in [2.05, 4.69) is 33.4 Å². The average Bonchev–Trinajstić information content (AvgIpc) is 1.55. The number of hydrogen-bond donors (Lipinski definition) is 4. The van der Waals surface area contributed by atoms with E-state index in [0.717, 1.165) is 87.7 Å². The monoisotopic (exact) mass is 1430 g/mol. The van der Waals surface area contributed by atoms with Gasteiger partial charge in [-0.1, -0.05) is 97.1 Å². The van der Waals surface area contributed by atoms with Gasteiger partial charge in [-0.15, -0.1) is 0 Å². The summed E-state index contributed by atoms with van der Waals surface area (Å²) in [5.41, 5.74) is 2.64. The van der Waals surface area contributed by atoms with Crippen LogP contribution in [0.1, 0.15) is 267 Å². The van der Waals surface area contributed by atoms with Crippen LogP contribution in [0, 0.1) is 71.0 Å². The fourth-order valence-corrected chi connectivity index (χ4v) is 35.2. The lowest BCUT2D eigenvalue weighted by Gasteiger charge is -2.57. The first-order valence-corrected chi connectivity index (χ1v) is 43.0. The summed E-state index contributed by atoms with van der Waals surface area (Å²) in [7, 11) is -4.21. The van der Waals surface area contributed by atoms with Gasteiger partial charge in [-0.25, -0.2) is 20.0 Å². The topological polar surface area (TPSA) is 198 Å². The van der Waals surface area contributed by atoms with Crippen molar-refractivity contribution in [1.82, 2.24) is 41.3 Å². The second kappa shape index (κ2) is 24.1. The summed E-state index contributed by atoms with van der Waals surface area (Å²) in [6, 6.07) is 39.0. The summed E-state index contributed by atoms with van der Waals surface area (Å²) in [5.74, 6) is 0.889. The van der Waals surface area contributed by atoms with Crippen molar-refractivity contribution in [2.24, 2.45) is 71.0 Å². The number of benzene rings is 5. The average molecular weight is 1430 g/mol. The molecule has 4 heterocycles. The Morgan fingerprint density at radius 2 is 0.442 bits per heavy atom. The highest BCUT2D eigenvalue weighted by molar-refractivity contribution is 7.73. The second-order valence-corrected chi connectivity index (χ2v) is 41.3. The van der Waals surface area contributed by atoms with Crippen molar-refractivity contribution in [3.8, 4) is 0 Å². The van der Waals surface area contributed by atoms with Gasteiger partial charge in [0.05, 0.1) is 0 Å². The summed E-state index contributed by atoms with van der Waals surface area (Å²) in [6.07, 6.45) is 25.3. The number of fused-ring (bicyclic) bond motifs is 2. The van der Waals surface area contributed by atoms with Gasteiger partial charge in [-0.05, 0) is 298 Å². The van der Waals surface area contributed by atoms with E-state index in [1.807, 2.05) is 109 Å².